The number of rotatable bonds is 8. The van der Waals surface area contributed by atoms with E-state index >= 15 is 0 Å². The normalized spacial score (nSPS) is 11.0. The summed E-state index contributed by atoms with van der Waals surface area (Å²) in [4.78, 5) is 28.1. The fourth-order valence-corrected chi connectivity index (χ4v) is 4.51. The molecule has 2 aromatic heterocycles. The number of hydrogen-bond acceptors (Lipinski definition) is 4. The van der Waals surface area contributed by atoms with Crippen LogP contribution >= 0.6 is 23.6 Å². The topological polar surface area (TPSA) is 66.9 Å². The molecule has 0 radical (unpaired) electrons. The first-order valence-electron chi connectivity index (χ1n) is 10.3. The van der Waals surface area contributed by atoms with Gasteiger partial charge in [0, 0.05) is 18.7 Å². The summed E-state index contributed by atoms with van der Waals surface area (Å²) in [6, 6.07) is 17.3. The van der Waals surface area contributed by atoms with Crippen molar-refractivity contribution < 1.29 is 4.79 Å². The van der Waals surface area contributed by atoms with E-state index < -0.39 is 0 Å². The number of carbonyl (C=O) groups is 1. The first-order chi connectivity index (χ1) is 15.1. The van der Waals surface area contributed by atoms with E-state index in [0.29, 0.717) is 23.1 Å². The van der Waals surface area contributed by atoms with Crippen molar-refractivity contribution in [3.05, 3.63) is 80.5 Å². The number of nitrogens with zero attached hydrogens (tertiary/aromatic N) is 1. The van der Waals surface area contributed by atoms with E-state index in [4.69, 9.17) is 12.2 Å². The molecule has 2 heterocycles. The van der Waals surface area contributed by atoms with Gasteiger partial charge in [-0.05, 0) is 77.3 Å². The maximum absolute atomic E-state index is 12.6. The Morgan fingerprint density at radius 2 is 1.90 bits per heavy atom. The number of fused-ring (bicyclic) bond motifs is 1. The molecular weight excluding hydrogens is 426 g/mol. The van der Waals surface area contributed by atoms with Crippen LogP contribution in [0.1, 0.15) is 25.7 Å². The third kappa shape index (κ3) is 5.18. The van der Waals surface area contributed by atoms with Crippen molar-refractivity contribution in [1.82, 2.24) is 9.55 Å². The lowest BCUT2D eigenvalue weighted by molar-refractivity contribution is -0.116. The minimum atomic E-state index is -0.0670. The molecule has 4 aromatic rings. The largest absolute Gasteiger partial charge is 0.332 e. The van der Waals surface area contributed by atoms with Crippen molar-refractivity contribution in [2.45, 2.75) is 32.2 Å². The molecule has 0 atom stereocenters. The summed E-state index contributed by atoms with van der Waals surface area (Å²) in [6.07, 6.45) is 2.84. The van der Waals surface area contributed by atoms with Crippen molar-refractivity contribution in [3.63, 3.8) is 0 Å². The Morgan fingerprint density at radius 3 is 2.74 bits per heavy atom. The summed E-state index contributed by atoms with van der Waals surface area (Å²) < 4.78 is 2.04. The first kappa shape index (κ1) is 21.2. The van der Waals surface area contributed by atoms with Crippen LogP contribution in [0, 0.1) is 4.77 Å². The number of aromatic nitrogens is 2. The van der Waals surface area contributed by atoms with Gasteiger partial charge in [0.1, 0.15) is 0 Å². The fraction of sp³-hybridized carbons (Fsp3) is 0.208. The molecule has 0 aliphatic carbocycles. The number of nitrogens with one attached hydrogen (secondary N) is 2. The molecule has 2 N–H and O–H groups in total. The van der Waals surface area contributed by atoms with Crippen LogP contribution in [-0.2, 0) is 11.3 Å². The van der Waals surface area contributed by atoms with Crippen molar-refractivity contribution in [2.75, 3.05) is 5.32 Å². The van der Waals surface area contributed by atoms with E-state index in [0.717, 1.165) is 41.6 Å². The molecule has 0 bridgehead atoms. The second kappa shape index (κ2) is 9.85. The molecule has 7 heteroatoms. The van der Waals surface area contributed by atoms with Crippen LogP contribution in [-0.4, -0.2) is 15.5 Å². The standard InChI is InChI=1S/C24H23N3O2S2/c28-22(25-19-8-6-7-17(15-19)18-12-14-31-16-18)11-2-1-5-13-27-23(29)20-9-3-4-10-21(20)26-24(27)30/h3-4,6-10,12,14-16H,1-2,5,11,13H2,(H,25,28)(H,26,30). The highest BCUT2D eigenvalue weighted by Crippen LogP contribution is 2.24. The first-order valence-corrected chi connectivity index (χ1v) is 11.6. The van der Waals surface area contributed by atoms with E-state index in [9.17, 15) is 9.59 Å². The monoisotopic (exact) mass is 449 g/mol. The second-order valence-corrected chi connectivity index (χ2v) is 8.55. The van der Waals surface area contributed by atoms with Crippen LogP contribution in [0.2, 0.25) is 0 Å². The van der Waals surface area contributed by atoms with Crippen molar-refractivity contribution >= 4 is 46.1 Å². The SMILES string of the molecule is O=C(CCCCCn1c(=S)[nH]c2ccccc2c1=O)Nc1cccc(-c2ccsc2)c1. The van der Waals surface area contributed by atoms with Crippen molar-refractivity contribution in [1.29, 1.82) is 0 Å². The number of carbonyl (C=O) groups excluding carboxylic acids is 1. The van der Waals surface area contributed by atoms with E-state index in [1.807, 2.05) is 47.8 Å². The molecule has 0 saturated heterocycles. The summed E-state index contributed by atoms with van der Waals surface area (Å²) in [5.41, 5.74) is 3.75. The van der Waals surface area contributed by atoms with Gasteiger partial charge in [-0.3, -0.25) is 14.2 Å². The second-order valence-electron chi connectivity index (χ2n) is 7.38. The van der Waals surface area contributed by atoms with Crippen LogP contribution in [0.4, 0.5) is 5.69 Å². The van der Waals surface area contributed by atoms with Gasteiger partial charge >= 0.3 is 0 Å². The average molecular weight is 450 g/mol. The lowest BCUT2D eigenvalue weighted by Gasteiger charge is -2.09. The molecule has 0 unspecified atom stereocenters. The highest BCUT2D eigenvalue weighted by molar-refractivity contribution is 7.71. The summed E-state index contributed by atoms with van der Waals surface area (Å²) in [7, 11) is 0. The molecule has 0 aliphatic heterocycles. The highest BCUT2D eigenvalue weighted by atomic mass is 32.1. The van der Waals surface area contributed by atoms with E-state index in [1.165, 1.54) is 0 Å². The van der Waals surface area contributed by atoms with Crippen molar-refractivity contribution in [3.8, 4) is 11.1 Å². The van der Waals surface area contributed by atoms with Gasteiger partial charge in [-0.25, -0.2) is 0 Å². The summed E-state index contributed by atoms with van der Waals surface area (Å²) in [5, 5.41) is 7.75. The molecule has 158 valence electrons. The molecule has 1 amide bonds. The Bertz CT molecular complexity index is 1310. The van der Waals surface area contributed by atoms with E-state index in [1.54, 1.807) is 22.0 Å². The van der Waals surface area contributed by atoms with Gasteiger partial charge in [0.15, 0.2) is 4.77 Å². The van der Waals surface area contributed by atoms with Crippen LogP contribution in [0.5, 0.6) is 0 Å². The number of amides is 1. The highest BCUT2D eigenvalue weighted by Gasteiger charge is 2.07. The van der Waals surface area contributed by atoms with Crippen LogP contribution in [0.25, 0.3) is 22.0 Å². The molecular formula is C24H23N3O2S2. The molecule has 2 aromatic carbocycles. The van der Waals surface area contributed by atoms with Crippen LogP contribution < -0.4 is 10.9 Å². The molecule has 0 aliphatic rings. The number of anilines is 1. The molecule has 31 heavy (non-hydrogen) atoms. The molecule has 5 nitrogen and oxygen atoms in total. The Labute approximate surface area is 189 Å². The predicted molar refractivity (Wildman–Crippen MR) is 130 cm³/mol. The Hall–Kier alpha value is -3.03. The van der Waals surface area contributed by atoms with Crippen molar-refractivity contribution in [2.24, 2.45) is 0 Å². The minimum Gasteiger partial charge on any atom is -0.332 e. The quantitative estimate of drug-likeness (QED) is 0.257. The van der Waals surface area contributed by atoms with Gasteiger partial charge in [-0.1, -0.05) is 30.7 Å². The third-order valence-electron chi connectivity index (χ3n) is 5.18. The zero-order valence-corrected chi connectivity index (χ0v) is 18.6. The van der Waals surface area contributed by atoms with E-state index in [-0.39, 0.29) is 11.5 Å². The molecule has 4 rings (SSSR count). The Morgan fingerprint density at radius 1 is 1.03 bits per heavy atom. The molecule has 0 saturated carbocycles. The van der Waals surface area contributed by atoms with E-state index in [2.05, 4.69) is 21.7 Å². The van der Waals surface area contributed by atoms with Gasteiger partial charge in [0.2, 0.25) is 5.91 Å². The molecule has 0 fully saturated rings. The third-order valence-corrected chi connectivity index (χ3v) is 6.18. The van der Waals surface area contributed by atoms with Crippen LogP contribution in [0.3, 0.4) is 0 Å². The number of aromatic amines is 1. The van der Waals surface area contributed by atoms with Gasteiger partial charge in [-0.2, -0.15) is 11.3 Å². The van der Waals surface area contributed by atoms with Gasteiger partial charge in [-0.15, -0.1) is 0 Å². The number of benzene rings is 2. The Kier molecular flexibility index (Phi) is 6.74. The zero-order valence-electron chi connectivity index (χ0n) is 17.0. The maximum atomic E-state index is 12.6. The summed E-state index contributed by atoms with van der Waals surface area (Å²) >= 11 is 7.00. The lowest BCUT2D eigenvalue weighted by Crippen LogP contribution is -2.22. The maximum Gasteiger partial charge on any atom is 0.262 e. The smallest absolute Gasteiger partial charge is 0.262 e. The van der Waals surface area contributed by atoms with Crippen LogP contribution in [0.15, 0.2) is 70.2 Å². The number of H-pyrrole nitrogens is 1. The Balaban J connectivity index is 1.27. The minimum absolute atomic E-state index is 0.00244. The summed E-state index contributed by atoms with van der Waals surface area (Å²) in [5.74, 6) is 0.00244. The fourth-order valence-electron chi connectivity index (χ4n) is 3.56. The average Bonchev–Trinajstić information content (AvgIpc) is 3.31. The number of thiophene rings is 1. The molecule has 0 spiro atoms. The van der Waals surface area contributed by atoms with Gasteiger partial charge in [0.25, 0.3) is 5.56 Å². The summed E-state index contributed by atoms with van der Waals surface area (Å²) in [6.45, 7) is 0.545. The number of hydrogen-bond donors (Lipinski definition) is 2. The zero-order chi connectivity index (χ0) is 21.6. The number of para-hydroxylation sites is 1. The lowest BCUT2D eigenvalue weighted by atomic mass is 10.1. The van der Waals surface area contributed by atoms with Gasteiger partial charge < -0.3 is 10.3 Å². The predicted octanol–water partition coefficient (Wildman–Crippen LogP) is 5.99. The number of unbranched alkanes of at least 4 members (excludes halogenated alkanes) is 2. The van der Waals surface area contributed by atoms with Gasteiger partial charge in [0.05, 0.1) is 10.9 Å².